The Morgan fingerprint density at radius 2 is 2.32 bits per heavy atom. The molecule has 22 heavy (non-hydrogen) atoms. The quantitative estimate of drug-likeness (QED) is 0.654. The summed E-state index contributed by atoms with van der Waals surface area (Å²) in [6.07, 6.45) is 5.76. The van der Waals surface area contributed by atoms with Crippen molar-refractivity contribution < 1.29 is 14.3 Å². The van der Waals surface area contributed by atoms with Gasteiger partial charge in [-0.1, -0.05) is 35.0 Å². The van der Waals surface area contributed by atoms with Crippen LogP contribution in [0.5, 0.6) is 0 Å². The standard InChI is InChI=1S/C15H22BrN3O3/c1-11(2)6-8-21-15-4-3-13(20)14(22-15)10-19-9-12(5-7-16)17-18-19/h3-4,9,11,14-15H,5-8,10H2,1-2H3/t14-,15+/m1/s1. The largest absolute Gasteiger partial charge is 0.349 e. The minimum Gasteiger partial charge on any atom is -0.349 e. The van der Waals surface area contributed by atoms with Crippen molar-refractivity contribution in [2.75, 3.05) is 11.9 Å². The van der Waals surface area contributed by atoms with Gasteiger partial charge in [0.1, 0.15) is 6.10 Å². The molecule has 0 unspecified atom stereocenters. The molecule has 1 aliphatic rings. The lowest BCUT2D eigenvalue weighted by Gasteiger charge is -2.25. The first-order valence-corrected chi connectivity index (χ1v) is 8.64. The smallest absolute Gasteiger partial charge is 0.186 e. The first-order chi connectivity index (χ1) is 10.6. The van der Waals surface area contributed by atoms with Crippen LogP contribution in [0.15, 0.2) is 18.3 Å². The lowest BCUT2D eigenvalue weighted by molar-refractivity contribution is -0.166. The van der Waals surface area contributed by atoms with E-state index in [-0.39, 0.29) is 5.78 Å². The highest BCUT2D eigenvalue weighted by Gasteiger charge is 2.26. The number of ketones is 1. The topological polar surface area (TPSA) is 66.2 Å². The normalized spacial score (nSPS) is 21.7. The van der Waals surface area contributed by atoms with Crippen LogP contribution in [0.3, 0.4) is 0 Å². The van der Waals surface area contributed by atoms with Gasteiger partial charge >= 0.3 is 0 Å². The summed E-state index contributed by atoms with van der Waals surface area (Å²) in [7, 11) is 0. The van der Waals surface area contributed by atoms with Gasteiger partial charge in [-0.25, -0.2) is 4.68 Å². The van der Waals surface area contributed by atoms with E-state index in [1.54, 1.807) is 10.8 Å². The molecule has 1 aliphatic heterocycles. The van der Waals surface area contributed by atoms with E-state index in [4.69, 9.17) is 9.47 Å². The van der Waals surface area contributed by atoms with E-state index in [1.165, 1.54) is 6.08 Å². The number of rotatable bonds is 8. The highest BCUT2D eigenvalue weighted by molar-refractivity contribution is 9.09. The molecular formula is C15H22BrN3O3. The van der Waals surface area contributed by atoms with Crippen molar-refractivity contribution in [3.05, 3.63) is 24.0 Å². The molecule has 1 aromatic rings. The first-order valence-electron chi connectivity index (χ1n) is 7.52. The Kier molecular flexibility index (Phi) is 6.72. The first kappa shape index (κ1) is 17.3. The van der Waals surface area contributed by atoms with Crippen LogP contribution in [-0.4, -0.2) is 45.1 Å². The predicted molar refractivity (Wildman–Crippen MR) is 85.7 cm³/mol. The lowest BCUT2D eigenvalue weighted by atomic mass is 10.1. The summed E-state index contributed by atoms with van der Waals surface area (Å²) < 4.78 is 13.0. The summed E-state index contributed by atoms with van der Waals surface area (Å²) in [5.74, 6) is 0.509. The van der Waals surface area contributed by atoms with Gasteiger partial charge in [-0.15, -0.1) is 5.10 Å². The zero-order chi connectivity index (χ0) is 15.9. The van der Waals surface area contributed by atoms with Gasteiger partial charge in [0, 0.05) is 17.9 Å². The average molecular weight is 372 g/mol. The van der Waals surface area contributed by atoms with E-state index < -0.39 is 12.4 Å². The van der Waals surface area contributed by atoms with Gasteiger partial charge in [-0.2, -0.15) is 0 Å². The van der Waals surface area contributed by atoms with Crippen molar-refractivity contribution in [1.29, 1.82) is 0 Å². The summed E-state index contributed by atoms with van der Waals surface area (Å²) in [6, 6.07) is 0. The Balaban J connectivity index is 1.87. The van der Waals surface area contributed by atoms with Crippen LogP contribution in [0.4, 0.5) is 0 Å². The zero-order valence-electron chi connectivity index (χ0n) is 12.9. The summed E-state index contributed by atoms with van der Waals surface area (Å²) in [5, 5.41) is 8.91. The molecule has 0 spiro atoms. The zero-order valence-corrected chi connectivity index (χ0v) is 14.5. The molecule has 6 nitrogen and oxygen atoms in total. The molecule has 0 fully saturated rings. The number of aryl methyl sites for hydroxylation is 1. The van der Waals surface area contributed by atoms with Gasteiger partial charge in [-0.05, 0) is 24.5 Å². The summed E-state index contributed by atoms with van der Waals surface area (Å²) in [6.45, 7) is 5.25. The molecule has 0 N–H and O–H groups in total. The van der Waals surface area contributed by atoms with Crippen molar-refractivity contribution in [1.82, 2.24) is 15.0 Å². The predicted octanol–water partition coefficient (Wildman–Crippen LogP) is 2.13. The van der Waals surface area contributed by atoms with E-state index >= 15 is 0 Å². The molecule has 0 aromatic carbocycles. The van der Waals surface area contributed by atoms with Crippen molar-refractivity contribution in [2.45, 2.75) is 45.6 Å². The molecule has 0 saturated carbocycles. The van der Waals surface area contributed by atoms with Crippen LogP contribution in [0.1, 0.15) is 26.0 Å². The number of hydrogen-bond acceptors (Lipinski definition) is 5. The number of carbonyl (C=O) groups is 1. The van der Waals surface area contributed by atoms with Gasteiger partial charge in [-0.3, -0.25) is 4.79 Å². The molecule has 2 atom stereocenters. The molecule has 0 radical (unpaired) electrons. The molecule has 1 aromatic heterocycles. The molecule has 2 rings (SSSR count). The van der Waals surface area contributed by atoms with Crippen molar-refractivity contribution >= 4 is 21.7 Å². The maximum atomic E-state index is 11.9. The number of aromatic nitrogens is 3. The summed E-state index contributed by atoms with van der Waals surface area (Å²) in [5.41, 5.74) is 0.889. The lowest BCUT2D eigenvalue weighted by Crippen LogP contribution is -2.36. The fourth-order valence-electron chi connectivity index (χ4n) is 2.01. The van der Waals surface area contributed by atoms with Gasteiger partial charge in [0.2, 0.25) is 0 Å². The molecule has 2 heterocycles. The molecular weight excluding hydrogens is 350 g/mol. The van der Waals surface area contributed by atoms with Gasteiger partial charge in [0.25, 0.3) is 0 Å². The van der Waals surface area contributed by atoms with Crippen molar-refractivity contribution in [3.8, 4) is 0 Å². The van der Waals surface area contributed by atoms with Crippen molar-refractivity contribution in [2.24, 2.45) is 5.92 Å². The Morgan fingerprint density at radius 3 is 3.05 bits per heavy atom. The monoisotopic (exact) mass is 371 g/mol. The second kappa shape index (κ2) is 8.55. The van der Waals surface area contributed by atoms with Gasteiger partial charge in [0.05, 0.1) is 18.8 Å². The van der Waals surface area contributed by atoms with Crippen LogP contribution in [0, 0.1) is 5.92 Å². The van der Waals surface area contributed by atoms with Crippen LogP contribution in [-0.2, 0) is 27.2 Å². The van der Waals surface area contributed by atoms with E-state index in [0.717, 1.165) is 23.9 Å². The third-order valence-corrected chi connectivity index (χ3v) is 3.70. The minimum atomic E-state index is -0.576. The third kappa shape index (κ3) is 5.30. The Morgan fingerprint density at radius 1 is 1.50 bits per heavy atom. The molecule has 0 amide bonds. The fourth-order valence-corrected chi connectivity index (χ4v) is 2.42. The highest BCUT2D eigenvalue weighted by Crippen LogP contribution is 2.14. The van der Waals surface area contributed by atoms with E-state index in [2.05, 4.69) is 40.1 Å². The Labute approximate surface area is 139 Å². The van der Waals surface area contributed by atoms with Crippen molar-refractivity contribution in [3.63, 3.8) is 0 Å². The maximum Gasteiger partial charge on any atom is 0.186 e. The van der Waals surface area contributed by atoms with Crippen LogP contribution < -0.4 is 0 Å². The van der Waals surface area contributed by atoms with E-state index in [9.17, 15) is 4.79 Å². The maximum absolute atomic E-state index is 11.9. The van der Waals surface area contributed by atoms with Crippen LogP contribution >= 0.6 is 15.9 Å². The number of halogens is 1. The second-order valence-electron chi connectivity index (χ2n) is 5.68. The number of carbonyl (C=O) groups excluding carboxylic acids is 1. The molecule has 7 heteroatoms. The molecule has 122 valence electrons. The third-order valence-electron chi connectivity index (χ3n) is 3.30. The summed E-state index contributed by atoms with van der Waals surface area (Å²) in [4.78, 5) is 11.9. The highest BCUT2D eigenvalue weighted by atomic mass is 79.9. The Bertz CT molecular complexity index is 516. The SMILES string of the molecule is CC(C)CCO[C@@H]1C=CC(=O)[C@@H](Cn2cc(CCBr)nn2)O1. The minimum absolute atomic E-state index is 0.0683. The molecule has 0 bridgehead atoms. The Hall–Kier alpha value is -1.05. The van der Waals surface area contributed by atoms with Crippen LogP contribution in [0.2, 0.25) is 0 Å². The van der Waals surface area contributed by atoms with E-state index in [0.29, 0.717) is 19.1 Å². The number of hydrogen-bond donors (Lipinski definition) is 0. The average Bonchev–Trinajstić information content (AvgIpc) is 2.90. The number of alkyl halides is 1. The fraction of sp³-hybridized carbons (Fsp3) is 0.667. The van der Waals surface area contributed by atoms with Gasteiger partial charge in [0.15, 0.2) is 12.1 Å². The van der Waals surface area contributed by atoms with Gasteiger partial charge < -0.3 is 9.47 Å². The second-order valence-corrected chi connectivity index (χ2v) is 6.47. The summed E-state index contributed by atoms with van der Waals surface area (Å²) >= 11 is 3.36. The number of nitrogens with zero attached hydrogens (tertiary/aromatic N) is 3. The number of ether oxygens (including phenoxy) is 2. The van der Waals surface area contributed by atoms with E-state index in [1.807, 2.05) is 6.20 Å². The molecule has 0 aliphatic carbocycles. The van der Waals surface area contributed by atoms with Crippen LogP contribution in [0.25, 0.3) is 0 Å². The molecule has 0 saturated heterocycles.